The third-order valence-electron chi connectivity index (χ3n) is 4.11. The largest absolute Gasteiger partial charge is 0.351 e. The van der Waals surface area contributed by atoms with E-state index in [9.17, 15) is 13.2 Å². The number of rotatable bonds is 6. The lowest BCUT2D eigenvalue weighted by Crippen LogP contribution is -2.42. The van der Waals surface area contributed by atoms with Crippen LogP contribution >= 0.6 is 12.4 Å². The first-order chi connectivity index (χ1) is 11.0. The molecule has 1 fully saturated rings. The molecule has 6 nitrogen and oxygen atoms in total. The zero-order chi connectivity index (χ0) is 16.9. The molecule has 1 atom stereocenters. The molecule has 0 saturated carbocycles. The van der Waals surface area contributed by atoms with Gasteiger partial charge in [-0.05, 0) is 45.0 Å². The minimum Gasteiger partial charge on any atom is -0.351 e. The number of carbonyl (C=O) groups excluding carboxylic acids is 1. The maximum atomic E-state index is 12.8. The summed E-state index contributed by atoms with van der Waals surface area (Å²) in [6, 6.07) is 6.27. The Morgan fingerprint density at radius 1 is 1.29 bits per heavy atom. The maximum absolute atomic E-state index is 12.8. The van der Waals surface area contributed by atoms with Crippen molar-refractivity contribution in [3.8, 4) is 0 Å². The van der Waals surface area contributed by atoms with Gasteiger partial charge in [0.1, 0.15) is 0 Å². The van der Waals surface area contributed by atoms with Crippen LogP contribution < -0.4 is 10.6 Å². The number of nitrogens with one attached hydrogen (secondary N) is 2. The number of halogens is 1. The summed E-state index contributed by atoms with van der Waals surface area (Å²) in [7, 11) is -1.75. The molecule has 0 aliphatic carbocycles. The van der Waals surface area contributed by atoms with Crippen LogP contribution in [0.5, 0.6) is 0 Å². The van der Waals surface area contributed by atoms with Gasteiger partial charge in [0, 0.05) is 31.2 Å². The van der Waals surface area contributed by atoms with Crippen molar-refractivity contribution in [2.45, 2.75) is 37.1 Å². The summed E-state index contributed by atoms with van der Waals surface area (Å²) in [5.74, 6) is -0.260. The molecule has 0 radical (unpaired) electrons. The highest BCUT2D eigenvalue weighted by Gasteiger charge is 2.31. The smallest absolute Gasteiger partial charge is 0.251 e. The molecular formula is C16H26ClN3O3S. The number of likely N-dealkylation sites (N-methyl/N-ethyl adjacent to an activating group) is 1. The highest BCUT2D eigenvalue weighted by molar-refractivity contribution is 7.89. The molecule has 136 valence electrons. The minimum absolute atomic E-state index is 0. The van der Waals surface area contributed by atoms with Crippen LogP contribution in [0.1, 0.15) is 36.5 Å². The molecule has 8 heteroatoms. The number of hydrogen-bond acceptors (Lipinski definition) is 4. The maximum Gasteiger partial charge on any atom is 0.251 e. The lowest BCUT2D eigenvalue weighted by atomic mass is 10.1. The molecule has 1 aromatic rings. The van der Waals surface area contributed by atoms with Crippen LogP contribution in [-0.4, -0.2) is 51.4 Å². The summed E-state index contributed by atoms with van der Waals surface area (Å²) in [6.45, 7) is 3.64. The fraction of sp³-hybridized carbons (Fsp3) is 0.562. The van der Waals surface area contributed by atoms with Crippen molar-refractivity contribution >= 4 is 28.3 Å². The molecule has 2 N–H and O–H groups in total. The van der Waals surface area contributed by atoms with E-state index in [0.29, 0.717) is 25.2 Å². The second-order valence-corrected chi connectivity index (χ2v) is 7.74. The Kier molecular flexibility index (Phi) is 8.15. The fourth-order valence-electron chi connectivity index (χ4n) is 2.77. The monoisotopic (exact) mass is 375 g/mol. The Balaban J connectivity index is 0.00000288. The van der Waals surface area contributed by atoms with Crippen molar-refractivity contribution < 1.29 is 13.2 Å². The predicted octanol–water partition coefficient (Wildman–Crippen LogP) is 1.62. The molecule has 1 aliphatic heterocycles. The number of benzene rings is 1. The average Bonchev–Trinajstić information content (AvgIpc) is 2.55. The number of nitrogens with zero attached hydrogens (tertiary/aromatic N) is 1. The third kappa shape index (κ3) is 4.92. The van der Waals surface area contributed by atoms with Gasteiger partial charge in [-0.2, -0.15) is 4.31 Å². The van der Waals surface area contributed by atoms with E-state index in [4.69, 9.17) is 0 Å². The number of hydrogen-bond donors (Lipinski definition) is 2. The van der Waals surface area contributed by atoms with Crippen LogP contribution in [0, 0.1) is 0 Å². The van der Waals surface area contributed by atoms with E-state index in [1.807, 2.05) is 6.92 Å². The Bertz CT molecular complexity index is 652. The summed E-state index contributed by atoms with van der Waals surface area (Å²) in [5.41, 5.74) is 0.367. The lowest BCUT2D eigenvalue weighted by molar-refractivity contribution is 0.0954. The fourth-order valence-corrected chi connectivity index (χ4v) is 4.51. The Hall–Kier alpha value is -1.15. The van der Waals surface area contributed by atoms with Crippen molar-refractivity contribution in [3.05, 3.63) is 29.8 Å². The van der Waals surface area contributed by atoms with E-state index in [1.54, 1.807) is 29.6 Å². The molecule has 1 aliphatic rings. The summed E-state index contributed by atoms with van der Waals surface area (Å²) in [6.07, 6.45) is 2.82. The standard InChI is InChI=1S/C16H25N3O3S.ClH/c1-13-6-3-4-11-19(13)23(21,22)15-8-5-7-14(12-15)16(20)18-10-9-17-2;/h5,7-8,12-13,17H,3-4,6,9-11H2,1-2H3,(H,18,20);1H. The molecule has 1 unspecified atom stereocenters. The van der Waals surface area contributed by atoms with Gasteiger partial charge in [-0.25, -0.2) is 8.42 Å². The lowest BCUT2D eigenvalue weighted by Gasteiger charge is -2.32. The molecule has 1 heterocycles. The second kappa shape index (κ2) is 9.36. The Morgan fingerprint density at radius 3 is 2.71 bits per heavy atom. The van der Waals surface area contributed by atoms with Crippen molar-refractivity contribution in [3.63, 3.8) is 0 Å². The van der Waals surface area contributed by atoms with E-state index in [2.05, 4.69) is 10.6 Å². The molecule has 2 rings (SSSR count). The van der Waals surface area contributed by atoms with Crippen LogP contribution in [-0.2, 0) is 10.0 Å². The summed E-state index contributed by atoms with van der Waals surface area (Å²) in [5, 5.41) is 5.70. The predicted molar refractivity (Wildman–Crippen MR) is 97.2 cm³/mol. The molecular weight excluding hydrogens is 350 g/mol. The molecule has 1 amide bonds. The second-order valence-electron chi connectivity index (χ2n) is 5.85. The van der Waals surface area contributed by atoms with Gasteiger partial charge in [-0.3, -0.25) is 4.79 Å². The van der Waals surface area contributed by atoms with Crippen LogP contribution in [0.2, 0.25) is 0 Å². The Labute approximate surface area is 150 Å². The quantitative estimate of drug-likeness (QED) is 0.740. The number of amides is 1. The van der Waals surface area contributed by atoms with Gasteiger partial charge in [0.2, 0.25) is 10.0 Å². The normalized spacial score (nSPS) is 18.7. The van der Waals surface area contributed by atoms with Crippen molar-refractivity contribution in [1.82, 2.24) is 14.9 Å². The number of piperidine rings is 1. The van der Waals surface area contributed by atoms with Gasteiger partial charge in [0.25, 0.3) is 5.91 Å². The Morgan fingerprint density at radius 2 is 2.04 bits per heavy atom. The zero-order valence-electron chi connectivity index (χ0n) is 14.1. The van der Waals surface area contributed by atoms with E-state index in [0.717, 1.165) is 19.3 Å². The summed E-state index contributed by atoms with van der Waals surface area (Å²) in [4.78, 5) is 12.3. The van der Waals surface area contributed by atoms with Crippen molar-refractivity contribution in [1.29, 1.82) is 0 Å². The van der Waals surface area contributed by atoms with Gasteiger partial charge >= 0.3 is 0 Å². The minimum atomic E-state index is -3.55. The SMILES string of the molecule is CNCCNC(=O)c1cccc(S(=O)(=O)N2CCCCC2C)c1.Cl. The molecule has 0 bridgehead atoms. The van der Waals surface area contributed by atoms with Crippen LogP contribution in [0.4, 0.5) is 0 Å². The van der Waals surface area contributed by atoms with Crippen LogP contribution in [0.15, 0.2) is 29.2 Å². The van der Waals surface area contributed by atoms with E-state index < -0.39 is 10.0 Å². The van der Waals surface area contributed by atoms with Gasteiger partial charge in [-0.15, -0.1) is 12.4 Å². The molecule has 1 aromatic carbocycles. The zero-order valence-corrected chi connectivity index (χ0v) is 15.8. The summed E-state index contributed by atoms with van der Waals surface area (Å²) >= 11 is 0. The highest BCUT2D eigenvalue weighted by atomic mass is 35.5. The van der Waals surface area contributed by atoms with Gasteiger partial charge in [0.15, 0.2) is 0 Å². The van der Waals surface area contributed by atoms with Gasteiger partial charge in [-0.1, -0.05) is 12.5 Å². The molecule has 0 spiro atoms. The third-order valence-corrected chi connectivity index (χ3v) is 6.11. The van der Waals surface area contributed by atoms with E-state index in [-0.39, 0.29) is 29.3 Å². The number of sulfonamides is 1. The van der Waals surface area contributed by atoms with Gasteiger partial charge < -0.3 is 10.6 Å². The van der Waals surface area contributed by atoms with E-state index in [1.165, 1.54) is 6.07 Å². The molecule has 0 aromatic heterocycles. The first kappa shape index (κ1) is 20.9. The van der Waals surface area contributed by atoms with Gasteiger partial charge in [0.05, 0.1) is 4.90 Å². The number of carbonyl (C=O) groups is 1. The van der Waals surface area contributed by atoms with Crippen molar-refractivity contribution in [2.24, 2.45) is 0 Å². The first-order valence-corrected chi connectivity index (χ1v) is 9.45. The van der Waals surface area contributed by atoms with E-state index >= 15 is 0 Å². The van der Waals surface area contributed by atoms with Crippen LogP contribution in [0.3, 0.4) is 0 Å². The van der Waals surface area contributed by atoms with Crippen molar-refractivity contribution in [2.75, 3.05) is 26.7 Å². The average molecular weight is 376 g/mol. The highest BCUT2D eigenvalue weighted by Crippen LogP contribution is 2.25. The molecule has 1 saturated heterocycles. The first-order valence-electron chi connectivity index (χ1n) is 8.01. The van der Waals surface area contributed by atoms with Crippen LogP contribution in [0.25, 0.3) is 0 Å². The molecule has 24 heavy (non-hydrogen) atoms. The topological polar surface area (TPSA) is 78.5 Å². The summed E-state index contributed by atoms with van der Waals surface area (Å²) < 4.78 is 27.2.